The summed E-state index contributed by atoms with van der Waals surface area (Å²) in [6.45, 7) is 16.8. The van der Waals surface area contributed by atoms with Gasteiger partial charge in [-0.2, -0.15) is 4.98 Å². The van der Waals surface area contributed by atoms with Crippen molar-refractivity contribution >= 4 is 40.4 Å². The van der Waals surface area contributed by atoms with Gasteiger partial charge in [0.15, 0.2) is 0 Å². The van der Waals surface area contributed by atoms with Crippen molar-refractivity contribution < 1.29 is 32.6 Å². The minimum Gasteiger partial charge on any atom is -0.478 e. The molecule has 12 nitrogen and oxygen atoms in total. The number of nitrogens with zero attached hydrogens (tertiary/aromatic N) is 2. The second kappa shape index (κ2) is 17.1. The van der Waals surface area contributed by atoms with Gasteiger partial charge in [-0.1, -0.05) is 45.0 Å². The number of hydrogen-bond donors (Lipinski definition) is 4. The fraction of sp³-hybridized carbons (Fsp3) is 0.514. The normalized spacial score (nSPS) is 16.6. The van der Waals surface area contributed by atoms with Crippen LogP contribution < -0.4 is 20.1 Å². The summed E-state index contributed by atoms with van der Waals surface area (Å²) in [4.78, 5) is 32.2. The maximum atomic E-state index is 13.4. The third-order valence-corrected chi connectivity index (χ3v) is 9.60. The van der Waals surface area contributed by atoms with Gasteiger partial charge in [0.25, 0.3) is 10.0 Å². The monoisotopic (exact) mass is 745 g/mol. The molecule has 0 spiro atoms. The first-order valence-corrected chi connectivity index (χ1v) is 18.4. The number of amides is 1. The Bertz CT molecular complexity index is 1760. The number of anilines is 1. The Morgan fingerprint density at radius 2 is 1.63 bits per heavy atom. The molecular weight excluding hydrogens is 694 g/mol. The van der Waals surface area contributed by atoms with Gasteiger partial charge in [-0.15, -0.1) is 12.4 Å². The van der Waals surface area contributed by atoms with E-state index in [1.807, 2.05) is 52.8 Å². The zero-order valence-corrected chi connectivity index (χ0v) is 32.3. The Labute approximate surface area is 308 Å². The summed E-state index contributed by atoms with van der Waals surface area (Å²) >= 11 is 0. The van der Waals surface area contributed by atoms with Gasteiger partial charge in [-0.3, -0.25) is 0 Å². The molecule has 0 aliphatic heterocycles. The predicted molar refractivity (Wildman–Crippen MR) is 200 cm³/mol. The summed E-state index contributed by atoms with van der Waals surface area (Å²) in [6, 6.07) is 12.9. The van der Waals surface area contributed by atoms with E-state index in [1.165, 1.54) is 18.2 Å². The van der Waals surface area contributed by atoms with Crippen LogP contribution in [0.25, 0.3) is 11.3 Å². The number of alkyl carbamates (subject to hydrolysis) is 1. The molecule has 1 aliphatic rings. The molecule has 1 heterocycles. The van der Waals surface area contributed by atoms with E-state index in [1.54, 1.807) is 6.07 Å². The first-order valence-electron chi connectivity index (χ1n) is 17.0. The van der Waals surface area contributed by atoms with E-state index < -0.39 is 27.7 Å². The highest BCUT2D eigenvalue weighted by Crippen LogP contribution is 2.33. The highest BCUT2D eigenvalue weighted by Gasteiger charge is 2.32. The van der Waals surface area contributed by atoms with Crippen LogP contribution >= 0.6 is 12.4 Å². The van der Waals surface area contributed by atoms with E-state index in [0.717, 1.165) is 48.4 Å². The molecule has 51 heavy (non-hydrogen) atoms. The van der Waals surface area contributed by atoms with Gasteiger partial charge in [0.1, 0.15) is 12.2 Å². The topological polar surface area (TPSA) is 169 Å². The van der Waals surface area contributed by atoms with Crippen LogP contribution in [0, 0.1) is 25.2 Å². The van der Waals surface area contributed by atoms with Gasteiger partial charge in [0, 0.05) is 30.3 Å². The molecular formula is C37H52ClN5O7S. The van der Waals surface area contributed by atoms with Crippen LogP contribution in [0.4, 0.5) is 10.7 Å². The molecule has 1 fully saturated rings. The Morgan fingerprint density at radius 3 is 2.24 bits per heavy atom. The van der Waals surface area contributed by atoms with Crippen molar-refractivity contribution in [3.05, 3.63) is 65.2 Å². The Hall–Kier alpha value is -3.94. The highest BCUT2D eigenvalue weighted by atomic mass is 35.5. The smallest absolute Gasteiger partial charge is 0.407 e. The predicted octanol–water partition coefficient (Wildman–Crippen LogP) is 7.15. The number of ether oxygens (including phenoxy) is 2. The summed E-state index contributed by atoms with van der Waals surface area (Å²) in [5, 5.41) is 16.0. The van der Waals surface area contributed by atoms with E-state index in [-0.39, 0.29) is 52.8 Å². The number of carbonyl (C=O) groups is 2. The molecule has 3 aromatic rings. The summed E-state index contributed by atoms with van der Waals surface area (Å²) in [5.41, 5.74) is 2.54. The number of rotatable bonds is 14. The number of nitrogens with one attached hydrogen (secondary N) is 3. The van der Waals surface area contributed by atoms with Crippen molar-refractivity contribution in [2.75, 3.05) is 17.9 Å². The number of halogens is 1. The fourth-order valence-electron chi connectivity index (χ4n) is 6.09. The molecule has 1 amide bonds. The van der Waals surface area contributed by atoms with E-state index in [2.05, 4.69) is 46.1 Å². The summed E-state index contributed by atoms with van der Waals surface area (Å²) in [5.74, 6) is -0.734. The third-order valence-electron chi connectivity index (χ3n) is 8.28. The van der Waals surface area contributed by atoms with Crippen molar-refractivity contribution in [3.63, 3.8) is 0 Å². The standard InChI is InChI=1S/C37H51N5O7S.ClH/c1-23-11-9-12-24(2)32(23)30-20-31(41-34(40-30)42-50(46,47)29-14-10-13-26(19-29)33(43)44)48-22-28(21-36(3,4)5)39-27-17-25(18-27)15-16-38-35(45)49-37(6,7)8;/h9-14,19-20,25,27-28,39H,15-18,21-22H2,1-8H3,(H,38,45)(H,43,44)(H,40,41,42);1H/t25?,27?,28-;/m1./s1. The first kappa shape index (κ1) is 41.5. The maximum absolute atomic E-state index is 13.4. The molecule has 1 aromatic heterocycles. The number of carboxylic acid groups (broad SMARTS) is 1. The summed E-state index contributed by atoms with van der Waals surface area (Å²) < 4.78 is 40.8. The van der Waals surface area contributed by atoms with Crippen molar-refractivity contribution in [1.82, 2.24) is 20.6 Å². The molecule has 4 rings (SSSR count). The largest absolute Gasteiger partial charge is 0.478 e. The van der Waals surface area contributed by atoms with Gasteiger partial charge in [0.05, 0.1) is 16.2 Å². The Balaban J connectivity index is 0.00000702. The lowest BCUT2D eigenvalue weighted by atomic mass is 9.77. The van der Waals surface area contributed by atoms with Gasteiger partial charge >= 0.3 is 12.1 Å². The second-order valence-electron chi connectivity index (χ2n) is 15.3. The van der Waals surface area contributed by atoms with Crippen molar-refractivity contribution in [2.24, 2.45) is 11.3 Å². The molecule has 1 aliphatic carbocycles. The van der Waals surface area contributed by atoms with E-state index >= 15 is 0 Å². The molecule has 280 valence electrons. The number of aromatic nitrogens is 2. The van der Waals surface area contributed by atoms with Crippen LogP contribution in [0.15, 0.2) is 53.4 Å². The van der Waals surface area contributed by atoms with E-state index in [9.17, 15) is 23.1 Å². The van der Waals surface area contributed by atoms with Gasteiger partial charge in [-0.05, 0) is 101 Å². The van der Waals surface area contributed by atoms with Crippen molar-refractivity contribution in [1.29, 1.82) is 0 Å². The average Bonchev–Trinajstić information content (AvgIpc) is 2.96. The number of aryl methyl sites for hydroxylation is 2. The molecule has 1 saturated carbocycles. The Morgan fingerprint density at radius 1 is 0.980 bits per heavy atom. The quantitative estimate of drug-likeness (QED) is 0.133. The van der Waals surface area contributed by atoms with Gasteiger partial charge < -0.3 is 25.2 Å². The lowest BCUT2D eigenvalue weighted by Crippen LogP contribution is -2.50. The molecule has 2 aromatic carbocycles. The average molecular weight is 746 g/mol. The minimum absolute atomic E-state index is 0. The lowest BCUT2D eigenvalue weighted by molar-refractivity contribution is 0.0519. The number of carbonyl (C=O) groups excluding carboxylic acids is 1. The number of carboxylic acids is 1. The zero-order chi connectivity index (χ0) is 36.9. The van der Waals surface area contributed by atoms with Gasteiger partial charge in [0.2, 0.25) is 11.8 Å². The molecule has 0 radical (unpaired) electrons. The van der Waals surface area contributed by atoms with Crippen LogP contribution in [0.1, 0.15) is 88.7 Å². The van der Waals surface area contributed by atoms with Crippen molar-refractivity contribution in [3.8, 4) is 17.1 Å². The molecule has 0 saturated heterocycles. The highest BCUT2D eigenvalue weighted by molar-refractivity contribution is 7.92. The SMILES string of the molecule is Cc1cccc(C)c1-c1cc(OC[C@@H](CC(C)(C)C)NC2CC(CCNC(=O)OC(C)(C)C)C2)nc(NS(=O)(=O)c2cccc(C(=O)O)c2)n1.Cl. The first-order chi connectivity index (χ1) is 23.3. The second-order valence-corrected chi connectivity index (χ2v) is 17.0. The molecule has 1 atom stereocenters. The van der Waals surface area contributed by atoms with E-state index in [0.29, 0.717) is 24.2 Å². The lowest BCUT2D eigenvalue weighted by Gasteiger charge is -2.39. The van der Waals surface area contributed by atoms with Crippen LogP contribution in [0.3, 0.4) is 0 Å². The summed E-state index contributed by atoms with van der Waals surface area (Å²) in [6.07, 6.45) is 3.26. The van der Waals surface area contributed by atoms with Crippen LogP contribution in [0.2, 0.25) is 0 Å². The number of hydrogen-bond acceptors (Lipinski definition) is 9. The Kier molecular flexibility index (Phi) is 13.9. The third kappa shape index (κ3) is 12.7. The molecule has 0 unspecified atom stereocenters. The van der Waals surface area contributed by atoms with Gasteiger partial charge in [-0.25, -0.2) is 27.7 Å². The van der Waals surface area contributed by atoms with E-state index in [4.69, 9.17) is 9.47 Å². The summed E-state index contributed by atoms with van der Waals surface area (Å²) in [7, 11) is -4.23. The van der Waals surface area contributed by atoms with Crippen LogP contribution in [-0.2, 0) is 14.8 Å². The maximum Gasteiger partial charge on any atom is 0.407 e. The number of aromatic carboxylic acids is 1. The molecule has 14 heteroatoms. The minimum atomic E-state index is -4.23. The fourth-order valence-corrected chi connectivity index (χ4v) is 7.08. The number of benzene rings is 2. The molecule has 4 N–H and O–H groups in total. The van der Waals surface area contributed by atoms with Crippen LogP contribution in [0.5, 0.6) is 5.88 Å². The molecule has 0 bridgehead atoms. The van der Waals surface area contributed by atoms with Crippen molar-refractivity contribution in [2.45, 2.75) is 104 Å². The zero-order valence-electron chi connectivity index (χ0n) is 30.7. The number of sulfonamides is 1. The van der Waals surface area contributed by atoms with Crippen LogP contribution in [-0.4, -0.2) is 66.4 Å².